The number of rotatable bonds is 0. The number of nitrogens with zero attached hydrogens (tertiary/aromatic N) is 2. The molecule has 0 aromatic heterocycles. The third kappa shape index (κ3) is 4.79. The first kappa shape index (κ1) is 17.0. The molecule has 0 spiro atoms. The zero-order valence-electron chi connectivity index (χ0n) is 12.2. The molecule has 0 unspecified atom stereocenters. The standard InChI is InChI=1S/2C8H8NO.K/c2*1-2-4-8-7(3-1)5-9-6-10-8;/h2*1-4H,5-6H2;/q2*-1;+1. The molecular weight excluding hydrogens is 291 g/mol. The quantitative estimate of drug-likeness (QED) is 0.677. The molecule has 2 heterocycles. The van der Waals surface area contributed by atoms with Crippen LogP contribution < -0.4 is 60.9 Å². The first-order valence-corrected chi connectivity index (χ1v) is 6.61. The van der Waals surface area contributed by atoms with E-state index in [2.05, 4.69) is 10.6 Å². The van der Waals surface area contributed by atoms with Crippen LogP contribution in [0, 0.1) is 0 Å². The first-order valence-electron chi connectivity index (χ1n) is 6.61. The van der Waals surface area contributed by atoms with Crippen molar-refractivity contribution in [3.8, 4) is 11.5 Å². The maximum atomic E-state index is 5.26. The van der Waals surface area contributed by atoms with E-state index in [1.54, 1.807) is 0 Å². The van der Waals surface area contributed by atoms with Crippen molar-refractivity contribution < 1.29 is 60.9 Å². The Hall–Kier alpha value is -0.404. The Morgan fingerprint density at radius 1 is 0.667 bits per heavy atom. The van der Waals surface area contributed by atoms with Gasteiger partial charge in [-0.3, -0.25) is 0 Å². The van der Waals surface area contributed by atoms with E-state index < -0.39 is 0 Å². The minimum atomic E-state index is 0. The second kappa shape index (κ2) is 8.90. The maximum absolute atomic E-state index is 5.26. The summed E-state index contributed by atoms with van der Waals surface area (Å²) >= 11 is 0. The van der Waals surface area contributed by atoms with E-state index in [1.807, 2.05) is 48.5 Å². The predicted octanol–water partition coefficient (Wildman–Crippen LogP) is 0.824. The topological polar surface area (TPSA) is 46.7 Å². The molecular formula is C16H16KN2O2-. The molecule has 0 bridgehead atoms. The van der Waals surface area contributed by atoms with Crippen molar-refractivity contribution in [1.82, 2.24) is 0 Å². The van der Waals surface area contributed by atoms with E-state index in [0.717, 1.165) is 24.6 Å². The second-order valence-electron chi connectivity index (χ2n) is 4.53. The van der Waals surface area contributed by atoms with Gasteiger partial charge >= 0.3 is 51.4 Å². The molecule has 0 saturated carbocycles. The Morgan fingerprint density at radius 3 is 1.52 bits per heavy atom. The third-order valence-corrected chi connectivity index (χ3v) is 3.13. The molecule has 2 aliphatic rings. The third-order valence-electron chi connectivity index (χ3n) is 3.13. The molecule has 0 amide bonds. The molecule has 0 saturated heterocycles. The van der Waals surface area contributed by atoms with E-state index in [4.69, 9.17) is 9.47 Å². The Kier molecular flexibility index (Phi) is 7.19. The van der Waals surface area contributed by atoms with Gasteiger partial charge < -0.3 is 20.1 Å². The number of fused-ring (bicyclic) bond motifs is 2. The summed E-state index contributed by atoms with van der Waals surface area (Å²) in [5.74, 6) is 1.97. The molecule has 2 aromatic carbocycles. The number of hydrogen-bond acceptors (Lipinski definition) is 2. The van der Waals surface area contributed by atoms with Crippen LogP contribution in [0.4, 0.5) is 0 Å². The molecule has 21 heavy (non-hydrogen) atoms. The largest absolute Gasteiger partial charge is 1.00 e. The van der Waals surface area contributed by atoms with Crippen molar-refractivity contribution in [1.29, 1.82) is 0 Å². The molecule has 104 valence electrons. The SMILES string of the molecule is [K+].c1ccc2c(c1)C[N-]CO2.c1ccc2c(c1)C[N-]CO2. The normalized spacial score (nSPS) is 14.9. The summed E-state index contributed by atoms with van der Waals surface area (Å²) in [4.78, 5) is 0. The van der Waals surface area contributed by atoms with E-state index >= 15 is 0 Å². The van der Waals surface area contributed by atoms with Crippen molar-refractivity contribution in [3.05, 3.63) is 70.3 Å². The first-order chi connectivity index (χ1) is 9.93. The fraction of sp³-hybridized carbons (Fsp3) is 0.250. The van der Waals surface area contributed by atoms with E-state index in [9.17, 15) is 0 Å². The number of para-hydroxylation sites is 2. The van der Waals surface area contributed by atoms with Gasteiger partial charge in [-0.15, -0.1) is 13.1 Å². The zero-order valence-corrected chi connectivity index (χ0v) is 15.3. The van der Waals surface area contributed by atoms with Crippen LogP contribution in [0.1, 0.15) is 11.1 Å². The van der Waals surface area contributed by atoms with Crippen LogP contribution in [0.2, 0.25) is 0 Å². The van der Waals surface area contributed by atoms with Gasteiger partial charge in [0.1, 0.15) is 11.5 Å². The molecule has 2 aromatic rings. The van der Waals surface area contributed by atoms with E-state index in [0.29, 0.717) is 13.5 Å². The minimum Gasteiger partial charge on any atom is -0.625 e. The van der Waals surface area contributed by atoms with Gasteiger partial charge in [-0.25, -0.2) is 0 Å². The average molecular weight is 307 g/mol. The van der Waals surface area contributed by atoms with Crippen LogP contribution in [-0.2, 0) is 13.1 Å². The smallest absolute Gasteiger partial charge is 0.625 e. The fourth-order valence-corrected chi connectivity index (χ4v) is 2.11. The van der Waals surface area contributed by atoms with Crippen LogP contribution in [0.3, 0.4) is 0 Å². The predicted molar refractivity (Wildman–Crippen MR) is 78.0 cm³/mol. The molecule has 0 radical (unpaired) electrons. The second-order valence-corrected chi connectivity index (χ2v) is 4.53. The van der Waals surface area contributed by atoms with Gasteiger partial charge in [-0.05, 0) is 23.3 Å². The van der Waals surface area contributed by atoms with E-state index in [-0.39, 0.29) is 51.4 Å². The van der Waals surface area contributed by atoms with E-state index in [1.165, 1.54) is 11.1 Å². The maximum Gasteiger partial charge on any atom is 1.00 e. The summed E-state index contributed by atoms with van der Waals surface area (Å²) in [7, 11) is 0. The van der Waals surface area contributed by atoms with Gasteiger partial charge in [0.05, 0.1) is 0 Å². The van der Waals surface area contributed by atoms with Gasteiger partial charge in [0.15, 0.2) is 0 Å². The van der Waals surface area contributed by atoms with Crippen LogP contribution >= 0.6 is 0 Å². The van der Waals surface area contributed by atoms with Gasteiger partial charge in [-0.2, -0.15) is 0 Å². The molecule has 0 N–H and O–H groups in total. The van der Waals surface area contributed by atoms with Crippen molar-refractivity contribution in [2.45, 2.75) is 13.1 Å². The van der Waals surface area contributed by atoms with Gasteiger partial charge in [0.2, 0.25) is 0 Å². The van der Waals surface area contributed by atoms with Crippen LogP contribution in [-0.4, -0.2) is 13.5 Å². The molecule has 4 rings (SSSR count). The molecule has 5 heteroatoms. The van der Waals surface area contributed by atoms with Crippen molar-refractivity contribution >= 4 is 0 Å². The average Bonchev–Trinajstić information content (AvgIpc) is 2.56. The Bertz CT molecular complexity index is 476. The Balaban J connectivity index is 0.000000147. The molecule has 0 aliphatic carbocycles. The monoisotopic (exact) mass is 307 g/mol. The summed E-state index contributed by atoms with van der Waals surface area (Å²) < 4.78 is 10.5. The van der Waals surface area contributed by atoms with Crippen LogP contribution in [0.25, 0.3) is 10.6 Å². The van der Waals surface area contributed by atoms with Crippen molar-refractivity contribution in [2.24, 2.45) is 0 Å². The van der Waals surface area contributed by atoms with Crippen molar-refractivity contribution in [3.63, 3.8) is 0 Å². The van der Waals surface area contributed by atoms with Crippen LogP contribution in [0.15, 0.2) is 48.5 Å². The summed E-state index contributed by atoms with van der Waals surface area (Å²) in [6.45, 7) is 2.63. The summed E-state index contributed by atoms with van der Waals surface area (Å²) in [6.07, 6.45) is 0. The zero-order chi connectivity index (χ0) is 13.6. The summed E-state index contributed by atoms with van der Waals surface area (Å²) in [5.41, 5.74) is 2.38. The van der Waals surface area contributed by atoms with Crippen LogP contribution in [0.5, 0.6) is 11.5 Å². The molecule has 0 fully saturated rings. The van der Waals surface area contributed by atoms with Gasteiger partial charge in [0, 0.05) is 13.5 Å². The number of benzene rings is 2. The van der Waals surface area contributed by atoms with Gasteiger partial charge in [-0.1, -0.05) is 36.4 Å². The molecule has 2 aliphatic heterocycles. The van der Waals surface area contributed by atoms with Crippen molar-refractivity contribution in [2.75, 3.05) is 13.5 Å². The molecule has 0 atom stereocenters. The Labute approximate surface area is 167 Å². The number of hydrogen-bond donors (Lipinski definition) is 0. The fourth-order valence-electron chi connectivity index (χ4n) is 2.11. The Morgan fingerprint density at radius 2 is 1.10 bits per heavy atom. The molecule has 4 nitrogen and oxygen atoms in total. The number of ether oxygens (including phenoxy) is 2. The minimum absolute atomic E-state index is 0. The summed E-state index contributed by atoms with van der Waals surface area (Å²) in [6, 6.07) is 16.0. The van der Waals surface area contributed by atoms with Gasteiger partial charge in [0.25, 0.3) is 0 Å². The summed E-state index contributed by atoms with van der Waals surface area (Å²) in [5, 5.41) is 8.19.